The quantitative estimate of drug-likeness (QED) is 0.780. The van der Waals surface area contributed by atoms with E-state index in [-0.39, 0.29) is 11.5 Å². The van der Waals surface area contributed by atoms with E-state index in [4.69, 9.17) is 5.11 Å². The minimum Gasteiger partial charge on any atom is -0.384 e. The highest BCUT2D eigenvalue weighted by Gasteiger charge is 2.13. The minimum atomic E-state index is -3.46. The third-order valence-corrected chi connectivity index (χ3v) is 5.24. The van der Waals surface area contributed by atoms with E-state index in [0.717, 1.165) is 6.42 Å². The minimum absolute atomic E-state index is 0.213. The van der Waals surface area contributed by atoms with Crippen LogP contribution < -0.4 is 4.72 Å². The third kappa shape index (κ3) is 5.55. The normalized spacial score (nSPS) is 12.6. The largest absolute Gasteiger partial charge is 0.384 e. The van der Waals surface area contributed by atoms with E-state index in [1.807, 2.05) is 6.26 Å². The Bertz CT molecular complexity index is 571. The standard InChI is InChI=1S/C14H19NO3S2/c1-12(19-2)9-10-15-20(17,18)14-7-5-13(6-8-14)4-3-11-16/h5-8,12,15-16H,9-11H2,1-2H3. The number of aliphatic hydroxyl groups is 1. The van der Waals surface area contributed by atoms with Crippen LogP contribution in [0.1, 0.15) is 18.9 Å². The Kier molecular flexibility index (Phi) is 7.10. The molecule has 0 aromatic heterocycles. The maximum absolute atomic E-state index is 12.0. The maximum atomic E-state index is 12.0. The highest BCUT2D eigenvalue weighted by molar-refractivity contribution is 7.99. The molecule has 4 nitrogen and oxygen atoms in total. The predicted octanol–water partition coefficient (Wildman–Crippen LogP) is 1.45. The van der Waals surface area contributed by atoms with Crippen LogP contribution in [0.3, 0.4) is 0 Å². The zero-order valence-corrected chi connectivity index (χ0v) is 13.2. The number of rotatable bonds is 6. The average molecular weight is 313 g/mol. The van der Waals surface area contributed by atoms with Gasteiger partial charge in [0.1, 0.15) is 6.61 Å². The maximum Gasteiger partial charge on any atom is 0.240 e. The van der Waals surface area contributed by atoms with Crippen molar-refractivity contribution < 1.29 is 13.5 Å². The Balaban J connectivity index is 2.68. The molecule has 0 heterocycles. The summed E-state index contributed by atoms with van der Waals surface area (Å²) < 4.78 is 26.7. The summed E-state index contributed by atoms with van der Waals surface area (Å²) in [7, 11) is -3.46. The molecule has 1 aromatic carbocycles. The second kappa shape index (κ2) is 8.32. The number of sulfonamides is 1. The van der Waals surface area contributed by atoms with Crippen molar-refractivity contribution in [3.63, 3.8) is 0 Å². The van der Waals surface area contributed by atoms with Gasteiger partial charge in [0.05, 0.1) is 4.90 Å². The predicted molar refractivity (Wildman–Crippen MR) is 83.2 cm³/mol. The smallest absolute Gasteiger partial charge is 0.240 e. The number of hydrogen-bond acceptors (Lipinski definition) is 4. The van der Waals surface area contributed by atoms with E-state index >= 15 is 0 Å². The third-order valence-electron chi connectivity index (χ3n) is 2.72. The Morgan fingerprint density at radius 2 is 2.00 bits per heavy atom. The van der Waals surface area contributed by atoms with Gasteiger partial charge in [0, 0.05) is 17.4 Å². The molecule has 0 spiro atoms. The van der Waals surface area contributed by atoms with Crippen LogP contribution in [0.4, 0.5) is 0 Å². The molecule has 1 aromatic rings. The molecule has 110 valence electrons. The lowest BCUT2D eigenvalue weighted by Crippen LogP contribution is -2.26. The van der Waals surface area contributed by atoms with Gasteiger partial charge in [-0.05, 0) is 36.9 Å². The number of thioether (sulfide) groups is 1. The monoisotopic (exact) mass is 313 g/mol. The van der Waals surface area contributed by atoms with E-state index < -0.39 is 10.0 Å². The molecule has 0 saturated heterocycles. The molecule has 0 bridgehead atoms. The molecule has 2 N–H and O–H groups in total. The molecule has 0 saturated carbocycles. The van der Waals surface area contributed by atoms with E-state index in [2.05, 4.69) is 23.5 Å². The first-order valence-electron chi connectivity index (χ1n) is 6.22. The van der Waals surface area contributed by atoms with Crippen LogP contribution in [0.25, 0.3) is 0 Å². The molecule has 0 aliphatic carbocycles. The average Bonchev–Trinajstić information content (AvgIpc) is 2.45. The first-order valence-corrected chi connectivity index (χ1v) is 8.99. The molecular formula is C14H19NO3S2. The van der Waals surface area contributed by atoms with Crippen molar-refractivity contribution in [3.05, 3.63) is 29.8 Å². The van der Waals surface area contributed by atoms with Crippen LogP contribution in [0.5, 0.6) is 0 Å². The lowest BCUT2D eigenvalue weighted by Gasteiger charge is -2.10. The van der Waals surface area contributed by atoms with Crippen LogP contribution >= 0.6 is 11.8 Å². The van der Waals surface area contributed by atoms with Crippen LogP contribution in [-0.4, -0.2) is 38.2 Å². The van der Waals surface area contributed by atoms with Gasteiger partial charge in [0.15, 0.2) is 0 Å². The van der Waals surface area contributed by atoms with E-state index in [1.54, 1.807) is 23.9 Å². The van der Waals surface area contributed by atoms with Crippen LogP contribution in [-0.2, 0) is 10.0 Å². The van der Waals surface area contributed by atoms with Gasteiger partial charge in [0.25, 0.3) is 0 Å². The van der Waals surface area contributed by atoms with Crippen LogP contribution in [0.2, 0.25) is 0 Å². The van der Waals surface area contributed by atoms with Gasteiger partial charge in [-0.15, -0.1) is 0 Å². The summed E-state index contributed by atoms with van der Waals surface area (Å²) >= 11 is 1.71. The SMILES string of the molecule is CSC(C)CCNS(=O)(=O)c1ccc(C#CCO)cc1. The topological polar surface area (TPSA) is 66.4 Å². The molecule has 20 heavy (non-hydrogen) atoms. The van der Waals surface area contributed by atoms with Gasteiger partial charge in [-0.2, -0.15) is 11.8 Å². The molecule has 1 atom stereocenters. The van der Waals surface area contributed by atoms with Crippen LogP contribution in [0, 0.1) is 11.8 Å². The van der Waals surface area contributed by atoms with Gasteiger partial charge in [-0.3, -0.25) is 0 Å². The fourth-order valence-corrected chi connectivity index (χ4v) is 2.86. The van der Waals surface area contributed by atoms with Crippen molar-refractivity contribution in [2.75, 3.05) is 19.4 Å². The van der Waals surface area contributed by atoms with Gasteiger partial charge in [-0.25, -0.2) is 13.1 Å². The van der Waals surface area contributed by atoms with Crippen molar-refractivity contribution >= 4 is 21.8 Å². The summed E-state index contributed by atoms with van der Waals surface area (Å²) in [6.07, 6.45) is 2.80. The summed E-state index contributed by atoms with van der Waals surface area (Å²) in [5.74, 6) is 5.23. The van der Waals surface area contributed by atoms with Crippen LogP contribution in [0.15, 0.2) is 29.2 Å². The number of benzene rings is 1. The Morgan fingerprint density at radius 1 is 1.35 bits per heavy atom. The van der Waals surface area contributed by atoms with Gasteiger partial charge < -0.3 is 5.11 Å². The van der Waals surface area contributed by atoms with Crippen molar-refractivity contribution in [3.8, 4) is 11.8 Å². The van der Waals surface area contributed by atoms with Gasteiger partial charge in [0.2, 0.25) is 10.0 Å². The number of hydrogen-bond donors (Lipinski definition) is 2. The lowest BCUT2D eigenvalue weighted by molar-refractivity contribution is 0.350. The fourth-order valence-electron chi connectivity index (χ4n) is 1.46. The lowest BCUT2D eigenvalue weighted by atomic mass is 10.2. The number of nitrogens with one attached hydrogen (secondary N) is 1. The Hall–Kier alpha value is -1.00. The Labute approximate surface area is 125 Å². The summed E-state index contributed by atoms with van der Waals surface area (Å²) in [6, 6.07) is 6.28. The molecule has 0 fully saturated rings. The zero-order valence-electron chi connectivity index (χ0n) is 11.6. The fraction of sp³-hybridized carbons (Fsp3) is 0.429. The zero-order chi connectivity index (χ0) is 15.0. The molecule has 1 unspecified atom stereocenters. The summed E-state index contributed by atoms with van der Waals surface area (Å²) in [5, 5.41) is 9.02. The molecule has 6 heteroatoms. The summed E-state index contributed by atoms with van der Waals surface area (Å²) in [4.78, 5) is 0.226. The summed E-state index contributed by atoms with van der Waals surface area (Å²) in [6.45, 7) is 2.28. The molecule has 0 aliphatic rings. The first kappa shape index (κ1) is 17.1. The van der Waals surface area contributed by atoms with Gasteiger partial charge >= 0.3 is 0 Å². The molecular weight excluding hydrogens is 294 g/mol. The number of aliphatic hydroxyl groups excluding tert-OH is 1. The van der Waals surface area contributed by atoms with E-state index in [1.165, 1.54) is 12.1 Å². The molecule has 0 amide bonds. The molecule has 1 rings (SSSR count). The van der Waals surface area contributed by atoms with Crippen molar-refractivity contribution in [2.45, 2.75) is 23.5 Å². The van der Waals surface area contributed by atoms with Crippen molar-refractivity contribution in [2.24, 2.45) is 0 Å². The van der Waals surface area contributed by atoms with Gasteiger partial charge in [-0.1, -0.05) is 18.8 Å². The highest BCUT2D eigenvalue weighted by atomic mass is 32.2. The second-order valence-electron chi connectivity index (χ2n) is 4.22. The van der Waals surface area contributed by atoms with Crippen molar-refractivity contribution in [1.29, 1.82) is 0 Å². The first-order chi connectivity index (χ1) is 9.49. The van der Waals surface area contributed by atoms with E-state index in [9.17, 15) is 8.42 Å². The summed E-state index contributed by atoms with van der Waals surface area (Å²) in [5.41, 5.74) is 0.675. The van der Waals surface area contributed by atoms with E-state index in [0.29, 0.717) is 17.4 Å². The molecule has 0 radical (unpaired) electrons. The highest BCUT2D eigenvalue weighted by Crippen LogP contribution is 2.12. The Morgan fingerprint density at radius 3 is 2.55 bits per heavy atom. The second-order valence-corrected chi connectivity index (χ2v) is 7.26. The van der Waals surface area contributed by atoms with Crippen molar-refractivity contribution in [1.82, 2.24) is 4.72 Å². The molecule has 0 aliphatic heterocycles.